The fourth-order valence-corrected chi connectivity index (χ4v) is 2.55. The van der Waals surface area contributed by atoms with Gasteiger partial charge in [0.25, 0.3) is 5.91 Å². The van der Waals surface area contributed by atoms with Crippen LogP contribution in [0.15, 0.2) is 48.5 Å². The molecule has 0 heterocycles. The minimum absolute atomic E-state index is 0.205. The molecule has 132 valence electrons. The first-order chi connectivity index (χ1) is 11.9. The number of benzene rings is 2. The second kappa shape index (κ2) is 8.33. The van der Waals surface area contributed by atoms with E-state index in [1.807, 2.05) is 37.3 Å². The largest absolute Gasteiger partial charge is 0.493 e. The predicted octanol–water partition coefficient (Wildman–Crippen LogP) is 3.59. The maximum Gasteiger partial charge on any atom is 0.326 e. The molecule has 2 rings (SSSR count). The molecule has 25 heavy (non-hydrogen) atoms. The normalized spacial score (nSPS) is 11.8. The fraction of sp³-hybridized carbons (Fsp3) is 0.300. The molecule has 5 nitrogen and oxygen atoms in total. The van der Waals surface area contributed by atoms with Crippen LogP contribution in [-0.4, -0.2) is 29.6 Å². The van der Waals surface area contributed by atoms with Crippen LogP contribution in [0.2, 0.25) is 0 Å². The van der Waals surface area contributed by atoms with Crippen LogP contribution in [0.3, 0.4) is 0 Å². The summed E-state index contributed by atoms with van der Waals surface area (Å²) >= 11 is 0. The fourth-order valence-electron chi connectivity index (χ4n) is 2.55. The van der Waals surface area contributed by atoms with Crippen LogP contribution in [-0.2, 0) is 4.79 Å². The van der Waals surface area contributed by atoms with Crippen LogP contribution in [0, 0.1) is 5.92 Å². The summed E-state index contributed by atoms with van der Waals surface area (Å²) in [6.45, 7) is 5.98. The molecule has 5 heteroatoms. The van der Waals surface area contributed by atoms with E-state index in [0.717, 1.165) is 16.9 Å². The Kier molecular flexibility index (Phi) is 6.17. The van der Waals surface area contributed by atoms with Crippen molar-refractivity contribution >= 4 is 11.9 Å². The Morgan fingerprint density at radius 2 is 1.84 bits per heavy atom. The molecule has 0 bridgehead atoms. The average molecular weight is 341 g/mol. The van der Waals surface area contributed by atoms with E-state index < -0.39 is 17.9 Å². The maximum atomic E-state index is 12.5. The van der Waals surface area contributed by atoms with Crippen molar-refractivity contribution in [2.24, 2.45) is 5.92 Å². The smallest absolute Gasteiger partial charge is 0.326 e. The molecule has 0 radical (unpaired) electrons. The zero-order valence-corrected chi connectivity index (χ0v) is 14.7. The highest BCUT2D eigenvalue weighted by molar-refractivity contribution is 5.97. The lowest BCUT2D eigenvalue weighted by molar-refractivity contribution is -0.140. The molecule has 2 N–H and O–H groups in total. The zero-order valence-electron chi connectivity index (χ0n) is 14.7. The Morgan fingerprint density at radius 1 is 1.12 bits per heavy atom. The SMILES string of the molecule is CCOc1ccccc1-c1cccc(C(=O)N[C@@H](C(=O)O)C(C)C)c1. The van der Waals surface area contributed by atoms with E-state index in [0.29, 0.717) is 12.2 Å². The minimum atomic E-state index is -1.04. The Morgan fingerprint density at radius 3 is 2.48 bits per heavy atom. The first kappa shape index (κ1) is 18.5. The van der Waals surface area contributed by atoms with Gasteiger partial charge in [0.05, 0.1) is 6.61 Å². The van der Waals surface area contributed by atoms with Gasteiger partial charge < -0.3 is 15.2 Å². The molecule has 1 amide bonds. The molecule has 0 saturated heterocycles. The Bertz CT molecular complexity index is 755. The Balaban J connectivity index is 2.30. The van der Waals surface area contributed by atoms with Crippen molar-refractivity contribution in [1.82, 2.24) is 5.32 Å². The highest BCUT2D eigenvalue weighted by Gasteiger charge is 2.24. The molecular weight excluding hydrogens is 318 g/mol. The number of nitrogens with one attached hydrogen (secondary N) is 1. The van der Waals surface area contributed by atoms with Gasteiger partial charge >= 0.3 is 5.97 Å². The molecule has 2 aromatic carbocycles. The van der Waals surface area contributed by atoms with E-state index in [9.17, 15) is 14.7 Å². The highest BCUT2D eigenvalue weighted by atomic mass is 16.5. The number of carbonyl (C=O) groups is 2. The second-order valence-electron chi connectivity index (χ2n) is 6.04. The zero-order chi connectivity index (χ0) is 18.4. The number of ether oxygens (including phenoxy) is 1. The number of carbonyl (C=O) groups excluding carboxylic acids is 1. The third-order valence-electron chi connectivity index (χ3n) is 3.84. The van der Waals surface area contributed by atoms with Crippen LogP contribution in [0.4, 0.5) is 0 Å². The summed E-state index contributed by atoms with van der Waals surface area (Å²) in [5.41, 5.74) is 2.14. The Hall–Kier alpha value is -2.82. The number of rotatable bonds is 7. The number of hydrogen-bond acceptors (Lipinski definition) is 3. The first-order valence-electron chi connectivity index (χ1n) is 8.30. The van der Waals surface area contributed by atoms with Gasteiger partial charge in [-0.1, -0.05) is 44.2 Å². The van der Waals surface area contributed by atoms with Gasteiger partial charge in [-0.15, -0.1) is 0 Å². The standard InChI is InChI=1S/C20H23NO4/c1-4-25-17-11-6-5-10-16(17)14-8-7-9-15(12-14)19(22)21-18(13(2)3)20(23)24/h5-13,18H,4H2,1-3H3,(H,21,22)(H,23,24)/t18-/m1/s1. The summed E-state index contributed by atoms with van der Waals surface area (Å²) in [7, 11) is 0. The quantitative estimate of drug-likeness (QED) is 0.807. The van der Waals surface area contributed by atoms with E-state index in [1.165, 1.54) is 0 Å². The van der Waals surface area contributed by atoms with Crippen molar-refractivity contribution in [2.75, 3.05) is 6.61 Å². The van der Waals surface area contributed by atoms with Crippen molar-refractivity contribution in [3.05, 3.63) is 54.1 Å². The van der Waals surface area contributed by atoms with Gasteiger partial charge in [0.2, 0.25) is 0 Å². The molecular formula is C20H23NO4. The molecule has 2 aromatic rings. The van der Waals surface area contributed by atoms with E-state index >= 15 is 0 Å². The van der Waals surface area contributed by atoms with Crippen LogP contribution in [0.1, 0.15) is 31.1 Å². The number of carboxylic acids is 1. The lowest BCUT2D eigenvalue weighted by Crippen LogP contribution is -2.44. The van der Waals surface area contributed by atoms with Crippen molar-refractivity contribution in [2.45, 2.75) is 26.8 Å². The summed E-state index contributed by atoms with van der Waals surface area (Å²) in [6.07, 6.45) is 0. The lowest BCUT2D eigenvalue weighted by atomic mass is 10.0. The molecule has 0 fully saturated rings. The van der Waals surface area contributed by atoms with Crippen molar-refractivity contribution < 1.29 is 19.4 Å². The summed E-state index contributed by atoms with van der Waals surface area (Å²) in [5, 5.41) is 11.8. The summed E-state index contributed by atoms with van der Waals surface area (Å²) in [4.78, 5) is 23.7. The maximum absolute atomic E-state index is 12.5. The van der Waals surface area contributed by atoms with Crippen molar-refractivity contribution in [3.8, 4) is 16.9 Å². The van der Waals surface area contributed by atoms with Crippen LogP contribution in [0.5, 0.6) is 5.75 Å². The van der Waals surface area contributed by atoms with Crippen molar-refractivity contribution in [3.63, 3.8) is 0 Å². The van der Waals surface area contributed by atoms with E-state index in [1.54, 1.807) is 32.0 Å². The molecule has 0 saturated carbocycles. The molecule has 0 unspecified atom stereocenters. The van der Waals surface area contributed by atoms with E-state index in [4.69, 9.17) is 4.74 Å². The number of hydrogen-bond donors (Lipinski definition) is 2. The number of para-hydroxylation sites is 1. The van der Waals surface area contributed by atoms with Crippen LogP contribution >= 0.6 is 0 Å². The summed E-state index contributed by atoms with van der Waals surface area (Å²) in [5.74, 6) is -0.908. The monoisotopic (exact) mass is 341 g/mol. The molecule has 0 aliphatic rings. The van der Waals surface area contributed by atoms with Gasteiger partial charge in [0, 0.05) is 11.1 Å². The predicted molar refractivity (Wildman–Crippen MR) is 96.8 cm³/mol. The Labute approximate surface area is 147 Å². The van der Waals surface area contributed by atoms with Crippen LogP contribution < -0.4 is 10.1 Å². The van der Waals surface area contributed by atoms with E-state index in [-0.39, 0.29) is 5.92 Å². The van der Waals surface area contributed by atoms with E-state index in [2.05, 4.69) is 5.32 Å². The molecule has 1 atom stereocenters. The first-order valence-corrected chi connectivity index (χ1v) is 8.30. The number of carboxylic acid groups (broad SMARTS) is 1. The van der Waals surface area contributed by atoms with Gasteiger partial charge in [0.15, 0.2) is 0 Å². The number of amides is 1. The average Bonchev–Trinajstić information content (AvgIpc) is 2.59. The highest BCUT2D eigenvalue weighted by Crippen LogP contribution is 2.30. The molecule has 0 aromatic heterocycles. The van der Waals surface area contributed by atoms with Crippen molar-refractivity contribution in [1.29, 1.82) is 0 Å². The molecule has 0 aliphatic heterocycles. The molecule has 0 aliphatic carbocycles. The topological polar surface area (TPSA) is 75.6 Å². The van der Waals surface area contributed by atoms with Gasteiger partial charge in [-0.2, -0.15) is 0 Å². The summed E-state index contributed by atoms with van der Waals surface area (Å²) < 4.78 is 5.64. The van der Waals surface area contributed by atoms with Gasteiger partial charge in [-0.05, 0) is 36.6 Å². The van der Waals surface area contributed by atoms with Gasteiger partial charge in [-0.25, -0.2) is 4.79 Å². The lowest BCUT2D eigenvalue weighted by Gasteiger charge is -2.18. The third-order valence-corrected chi connectivity index (χ3v) is 3.84. The van der Waals surface area contributed by atoms with Crippen LogP contribution in [0.25, 0.3) is 11.1 Å². The van der Waals surface area contributed by atoms with Gasteiger partial charge in [0.1, 0.15) is 11.8 Å². The minimum Gasteiger partial charge on any atom is -0.493 e. The second-order valence-corrected chi connectivity index (χ2v) is 6.04. The molecule has 0 spiro atoms. The van der Waals surface area contributed by atoms with Gasteiger partial charge in [-0.3, -0.25) is 4.79 Å². The third kappa shape index (κ3) is 4.59. The number of aliphatic carboxylic acids is 1. The summed E-state index contributed by atoms with van der Waals surface area (Å²) in [6, 6.07) is 13.8.